The van der Waals surface area contributed by atoms with Gasteiger partial charge < -0.3 is 10.2 Å². The summed E-state index contributed by atoms with van der Waals surface area (Å²) in [7, 11) is 0. The van der Waals surface area contributed by atoms with Crippen LogP contribution in [0.1, 0.15) is 12.5 Å². The first-order valence-electron chi connectivity index (χ1n) is 10.2. The molecule has 0 aliphatic heterocycles. The van der Waals surface area contributed by atoms with Crippen LogP contribution in [0.25, 0.3) is 0 Å². The summed E-state index contributed by atoms with van der Waals surface area (Å²) in [5, 5.41) is 3.62. The Hall–Kier alpha value is -2.62. The Balaban J connectivity index is 1.48. The van der Waals surface area contributed by atoms with Crippen molar-refractivity contribution < 1.29 is 0 Å². The van der Waals surface area contributed by atoms with E-state index < -0.39 is 0 Å². The standard InChI is InChI=1S/C25H31N3/c1-2-27(22-23-12-6-3-7-13-23)20-18-26-19-21-28(24-14-8-4-9-15-24)25-16-10-5-11-17-25/h3-17,26H,2,18-22H2,1H3. The molecule has 0 fully saturated rings. The Labute approximate surface area is 169 Å². The molecule has 0 aliphatic carbocycles. The Morgan fingerprint density at radius 2 is 1.14 bits per heavy atom. The molecule has 0 bridgehead atoms. The molecule has 146 valence electrons. The topological polar surface area (TPSA) is 18.5 Å². The van der Waals surface area contributed by atoms with Crippen molar-refractivity contribution in [3.63, 3.8) is 0 Å². The Bertz CT molecular complexity index is 735. The molecule has 28 heavy (non-hydrogen) atoms. The van der Waals surface area contributed by atoms with Gasteiger partial charge in [-0.2, -0.15) is 0 Å². The third-order valence-electron chi connectivity index (χ3n) is 4.95. The van der Waals surface area contributed by atoms with E-state index in [1.165, 1.54) is 16.9 Å². The Kier molecular flexibility index (Phi) is 8.10. The predicted molar refractivity (Wildman–Crippen MR) is 120 cm³/mol. The summed E-state index contributed by atoms with van der Waals surface area (Å²) in [6.45, 7) is 8.26. The lowest BCUT2D eigenvalue weighted by Gasteiger charge is -2.26. The quantitative estimate of drug-likeness (QED) is 0.481. The molecule has 0 saturated carbocycles. The van der Waals surface area contributed by atoms with E-state index in [4.69, 9.17) is 0 Å². The molecule has 0 atom stereocenters. The van der Waals surface area contributed by atoms with Crippen LogP contribution < -0.4 is 10.2 Å². The number of likely N-dealkylation sites (N-methyl/N-ethyl adjacent to an activating group) is 1. The summed E-state index contributed by atoms with van der Waals surface area (Å²) in [5.74, 6) is 0. The number of nitrogens with one attached hydrogen (secondary N) is 1. The maximum absolute atomic E-state index is 3.62. The minimum absolute atomic E-state index is 0.943. The van der Waals surface area contributed by atoms with Crippen LogP contribution in [-0.4, -0.2) is 37.6 Å². The average Bonchev–Trinajstić information content (AvgIpc) is 2.77. The van der Waals surface area contributed by atoms with Crippen LogP contribution in [-0.2, 0) is 6.54 Å². The number of rotatable bonds is 11. The van der Waals surface area contributed by atoms with Gasteiger partial charge in [-0.25, -0.2) is 0 Å². The number of anilines is 2. The van der Waals surface area contributed by atoms with E-state index in [1.807, 2.05) is 0 Å². The van der Waals surface area contributed by atoms with E-state index in [1.54, 1.807) is 0 Å². The predicted octanol–water partition coefficient (Wildman–Crippen LogP) is 4.94. The number of para-hydroxylation sites is 2. The lowest BCUT2D eigenvalue weighted by atomic mass is 10.2. The van der Waals surface area contributed by atoms with Gasteiger partial charge in [-0.3, -0.25) is 4.90 Å². The monoisotopic (exact) mass is 373 g/mol. The van der Waals surface area contributed by atoms with Crippen molar-refractivity contribution in [3.8, 4) is 0 Å². The SMILES string of the molecule is CCN(CCNCCN(c1ccccc1)c1ccccc1)Cc1ccccc1. The molecule has 0 saturated heterocycles. The van der Waals surface area contributed by atoms with Gasteiger partial charge in [-0.05, 0) is 36.4 Å². The molecule has 0 unspecified atom stereocenters. The van der Waals surface area contributed by atoms with Crippen molar-refractivity contribution in [1.82, 2.24) is 10.2 Å². The van der Waals surface area contributed by atoms with Gasteiger partial charge in [0.15, 0.2) is 0 Å². The summed E-state index contributed by atoms with van der Waals surface area (Å²) in [5.41, 5.74) is 3.84. The van der Waals surface area contributed by atoms with Crippen molar-refractivity contribution in [3.05, 3.63) is 96.6 Å². The molecule has 3 nitrogen and oxygen atoms in total. The smallest absolute Gasteiger partial charge is 0.0411 e. The molecule has 0 radical (unpaired) electrons. The zero-order valence-corrected chi connectivity index (χ0v) is 16.8. The largest absolute Gasteiger partial charge is 0.340 e. The first kappa shape index (κ1) is 20.1. The maximum atomic E-state index is 3.62. The minimum atomic E-state index is 0.943. The fourth-order valence-corrected chi connectivity index (χ4v) is 3.37. The summed E-state index contributed by atoms with van der Waals surface area (Å²) in [4.78, 5) is 4.85. The molecule has 0 heterocycles. The van der Waals surface area contributed by atoms with Gasteiger partial charge in [0, 0.05) is 44.1 Å². The highest BCUT2D eigenvalue weighted by Gasteiger charge is 2.08. The van der Waals surface area contributed by atoms with Gasteiger partial charge in [0.1, 0.15) is 0 Å². The second-order valence-corrected chi connectivity index (χ2v) is 6.93. The molecule has 3 heteroatoms. The lowest BCUT2D eigenvalue weighted by molar-refractivity contribution is 0.279. The van der Waals surface area contributed by atoms with Gasteiger partial charge >= 0.3 is 0 Å². The van der Waals surface area contributed by atoms with E-state index in [9.17, 15) is 0 Å². The third-order valence-corrected chi connectivity index (χ3v) is 4.95. The molecule has 3 aromatic rings. The van der Waals surface area contributed by atoms with Gasteiger partial charge in [0.05, 0.1) is 0 Å². The number of hydrogen-bond acceptors (Lipinski definition) is 3. The van der Waals surface area contributed by atoms with Crippen LogP contribution in [0, 0.1) is 0 Å². The van der Waals surface area contributed by atoms with Crippen LogP contribution in [0.3, 0.4) is 0 Å². The van der Waals surface area contributed by atoms with Crippen LogP contribution in [0.4, 0.5) is 11.4 Å². The highest BCUT2D eigenvalue weighted by molar-refractivity contribution is 5.62. The van der Waals surface area contributed by atoms with Gasteiger partial charge in [-0.15, -0.1) is 0 Å². The average molecular weight is 374 g/mol. The second kappa shape index (κ2) is 11.3. The third kappa shape index (κ3) is 6.22. The van der Waals surface area contributed by atoms with Gasteiger partial charge in [-0.1, -0.05) is 73.7 Å². The van der Waals surface area contributed by atoms with E-state index in [0.29, 0.717) is 0 Å². The van der Waals surface area contributed by atoms with E-state index in [-0.39, 0.29) is 0 Å². The van der Waals surface area contributed by atoms with Crippen molar-refractivity contribution in [1.29, 1.82) is 0 Å². The number of nitrogens with zero attached hydrogens (tertiary/aromatic N) is 2. The molecule has 1 N–H and O–H groups in total. The highest BCUT2D eigenvalue weighted by atomic mass is 15.2. The molecule has 3 rings (SSSR count). The molecular weight excluding hydrogens is 342 g/mol. The molecule has 0 aromatic heterocycles. The molecular formula is C25H31N3. The van der Waals surface area contributed by atoms with Crippen molar-refractivity contribution in [2.75, 3.05) is 37.6 Å². The first-order valence-corrected chi connectivity index (χ1v) is 10.2. The van der Waals surface area contributed by atoms with Crippen LogP contribution in [0.5, 0.6) is 0 Å². The van der Waals surface area contributed by atoms with E-state index in [2.05, 4.69) is 113 Å². The Morgan fingerprint density at radius 1 is 0.643 bits per heavy atom. The Morgan fingerprint density at radius 3 is 1.68 bits per heavy atom. The zero-order chi connectivity index (χ0) is 19.4. The van der Waals surface area contributed by atoms with Crippen LogP contribution in [0.15, 0.2) is 91.0 Å². The van der Waals surface area contributed by atoms with Gasteiger partial charge in [0.2, 0.25) is 0 Å². The number of benzene rings is 3. The van der Waals surface area contributed by atoms with Gasteiger partial charge in [0.25, 0.3) is 0 Å². The summed E-state index contributed by atoms with van der Waals surface area (Å²) in [6, 6.07) is 31.9. The molecule has 0 aliphatic rings. The fourth-order valence-electron chi connectivity index (χ4n) is 3.37. The van der Waals surface area contributed by atoms with Crippen molar-refractivity contribution in [2.45, 2.75) is 13.5 Å². The van der Waals surface area contributed by atoms with Crippen LogP contribution in [0.2, 0.25) is 0 Å². The summed E-state index contributed by atoms with van der Waals surface area (Å²) >= 11 is 0. The molecule has 0 spiro atoms. The highest BCUT2D eigenvalue weighted by Crippen LogP contribution is 2.23. The minimum Gasteiger partial charge on any atom is -0.340 e. The van der Waals surface area contributed by atoms with E-state index >= 15 is 0 Å². The summed E-state index contributed by atoms with van der Waals surface area (Å²) < 4.78 is 0. The van der Waals surface area contributed by atoms with Crippen molar-refractivity contribution >= 4 is 11.4 Å². The number of hydrogen-bond donors (Lipinski definition) is 1. The fraction of sp³-hybridized carbons (Fsp3) is 0.280. The molecule has 0 amide bonds. The molecule has 3 aromatic carbocycles. The van der Waals surface area contributed by atoms with E-state index in [0.717, 1.165) is 39.3 Å². The maximum Gasteiger partial charge on any atom is 0.0411 e. The normalized spacial score (nSPS) is 10.9. The van der Waals surface area contributed by atoms with Crippen LogP contribution >= 0.6 is 0 Å². The zero-order valence-electron chi connectivity index (χ0n) is 16.8. The summed E-state index contributed by atoms with van der Waals surface area (Å²) in [6.07, 6.45) is 0. The lowest BCUT2D eigenvalue weighted by Crippen LogP contribution is -2.35. The van der Waals surface area contributed by atoms with Crippen molar-refractivity contribution in [2.24, 2.45) is 0 Å². The first-order chi connectivity index (χ1) is 13.9. The second-order valence-electron chi connectivity index (χ2n) is 6.93.